The van der Waals surface area contributed by atoms with E-state index in [4.69, 9.17) is 0 Å². The second-order valence-corrected chi connectivity index (χ2v) is 4.77. The minimum atomic E-state index is 0.104. The minimum absolute atomic E-state index is 0.104. The molecule has 1 aromatic carbocycles. The van der Waals surface area contributed by atoms with E-state index < -0.39 is 0 Å². The monoisotopic (exact) mass is 234 g/mol. The van der Waals surface area contributed by atoms with Gasteiger partial charge in [-0.05, 0) is 37.5 Å². The fraction of sp³-hybridized carbons (Fsp3) is 0.500. The third kappa shape index (κ3) is 3.86. The van der Waals surface area contributed by atoms with Gasteiger partial charge < -0.3 is 10.2 Å². The molecule has 0 unspecified atom stereocenters. The summed E-state index contributed by atoms with van der Waals surface area (Å²) in [4.78, 5) is 13.0. The molecule has 1 amide bonds. The summed E-state index contributed by atoms with van der Waals surface area (Å²) in [7, 11) is 3.54. The zero-order valence-corrected chi connectivity index (χ0v) is 11.4. The van der Waals surface area contributed by atoms with Crippen molar-refractivity contribution < 1.29 is 4.79 Å². The molecular weight excluding hydrogens is 212 g/mol. The predicted molar refractivity (Wildman–Crippen MR) is 71.1 cm³/mol. The first-order valence-electron chi connectivity index (χ1n) is 5.89. The van der Waals surface area contributed by atoms with Crippen molar-refractivity contribution in [2.24, 2.45) is 0 Å². The normalized spacial score (nSPS) is 10.4. The number of carbonyl (C=O) groups excluding carboxylic acids is 1. The Morgan fingerprint density at radius 3 is 2.18 bits per heavy atom. The van der Waals surface area contributed by atoms with Crippen LogP contribution in [0.4, 0.5) is 0 Å². The Morgan fingerprint density at radius 1 is 1.18 bits per heavy atom. The first-order chi connectivity index (χ1) is 7.91. The van der Waals surface area contributed by atoms with Gasteiger partial charge in [0.05, 0.1) is 6.54 Å². The van der Waals surface area contributed by atoms with Crippen LogP contribution in [0.2, 0.25) is 0 Å². The Bertz CT molecular complexity index is 388. The van der Waals surface area contributed by atoms with Crippen LogP contribution in [0.1, 0.15) is 22.3 Å². The van der Waals surface area contributed by atoms with Crippen LogP contribution in [-0.2, 0) is 11.3 Å². The van der Waals surface area contributed by atoms with Gasteiger partial charge >= 0.3 is 0 Å². The number of rotatable bonds is 4. The molecule has 0 aliphatic rings. The molecule has 0 fully saturated rings. The first-order valence-corrected chi connectivity index (χ1v) is 5.89. The van der Waals surface area contributed by atoms with Gasteiger partial charge in [0.15, 0.2) is 0 Å². The van der Waals surface area contributed by atoms with Gasteiger partial charge in [-0.15, -0.1) is 0 Å². The number of likely N-dealkylation sites (N-methyl/N-ethyl adjacent to an activating group) is 1. The molecule has 1 N–H and O–H groups in total. The van der Waals surface area contributed by atoms with Crippen molar-refractivity contribution in [1.82, 2.24) is 10.2 Å². The fourth-order valence-electron chi connectivity index (χ4n) is 1.94. The molecule has 0 atom stereocenters. The summed E-state index contributed by atoms with van der Waals surface area (Å²) in [5, 5.41) is 3.19. The van der Waals surface area contributed by atoms with Crippen molar-refractivity contribution in [2.45, 2.75) is 27.3 Å². The smallest absolute Gasteiger partial charge is 0.236 e. The Hall–Kier alpha value is -1.35. The molecule has 3 nitrogen and oxygen atoms in total. The largest absolute Gasteiger partial charge is 0.348 e. The Labute approximate surface area is 104 Å². The summed E-state index contributed by atoms with van der Waals surface area (Å²) in [6.07, 6.45) is 0. The zero-order chi connectivity index (χ0) is 13.0. The van der Waals surface area contributed by atoms with E-state index in [1.165, 1.54) is 22.3 Å². The van der Waals surface area contributed by atoms with Crippen molar-refractivity contribution in [3.63, 3.8) is 0 Å². The van der Waals surface area contributed by atoms with Crippen molar-refractivity contribution in [3.8, 4) is 0 Å². The van der Waals surface area contributed by atoms with Crippen LogP contribution in [-0.4, -0.2) is 31.4 Å². The predicted octanol–water partition coefficient (Wildman–Crippen LogP) is 1.79. The van der Waals surface area contributed by atoms with Gasteiger partial charge in [-0.3, -0.25) is 4.79 Å². The van der Waals surface area contributed by atoms with Gasteiger partial charge in [0.1, 0.15) is 0 Å². The van der Waals surface area contributed by atoms with Crippen molar-refractivity contribution >= 4 is 5.91 Å². The zero-order valence-electron chi connectivity index (χ0n) is 11.4. The second-order valence-electron chi connectivity index (χ2n) is 4.77. The molecule has 0 radical (unpaired) electrons. The van der Waals surface area contributed by atoms with Crippen LogP contribution in [0.5, 0.6) is 0 Å². The highest BCUT2D eigenvalue weighted by atomic mass is 16.2. The van der Waals surface area contributed by atoms with Crippen LogP contribution < -0.4 is 5.32 Å². The van der Waals surface area contributed by atoms with E-state index >= 15 is 0 Å². The summed E-state index contributed by atoms with van der Waals surface area (Å²) in [6.45, 7) is 7.47. The average Bonchev–Trinajstić information content (AvgIpc) is 2.21. The number of carbonyl (C=O) groups is 1. The third-order valence-electron chi connectivity index (χ3n) is 2.92. The quantitative estimate of drug-likeness (QED) is 0.861. The summed E-state index contributed by atoms with van der Waals surface area (Å²) < 4.78 is 0. The highest BCUT2D eigenvalue weighted by molar-refractivity contribution is 5.77. The number of benzene rings is 1. The highest BCUT2D eigenvalue weighted by Crippen LogP contribution is 2.15. The first kappa shape index (κ1) is 13.7. The van der Waals surface area contributed by atoms with E-state index in [1.54, 1.807) is 19.0 Å². The number of hydrogen-bond acceptors (Lipinski definition) is 2. The second kappa shape index (κ2) is 5.82. The highest BCUT2D eigenvalue weighted by Gasteiger charge is 2.06. The molecule has 0 aromatic heterocycles. The minimum Gasteiger partial charge on any atom is -0.348 e. The van der Waals surface area contributed by atoms with E-state index in [9.17, 15) is 4.79 Å². The van der Waals surface area contributed by atoms with Crippen molar-refractivity contribution in [1.29, 1.82) is 0 Å². The molecule has 1 aromatic rings. The molecule has 0 bridgehead atoms. The molecule has 3 heteroatoms. The number of aryl methyl sites for hydroxylation is 3. The molecule has 1 rings (SSSR count). The van der Waals surface area contributed by atoms with Gasteiger partial charge in [-0.2, -0.15) is 0 Å². The van der Waals surface area contributed by atoms with Crippen LogP contribution in [0, 0.1) is 20.8 Å². The summed E-state index contributed by atoms with van der Waals surface area (Å²) in [5.41, 5.74) is 5.15. The van der Waals surface area contributed by atoms with Gasteiger partial charge in [0.25, 0.3) is 0 Å². The number of hydrogen-bond donors (Lipinski definition) is 1. The van der Waals surface area contributed by atoms with Crippen molar-refractivity contribution in [2.75, 3.05) is 20.6 Å². The van der Waals surface area contributed by atoms with Crippen LogP contribution in [0.25, 0.3) is 0 Å². The van der Waals surface area contributed by atoms with Crippen LogP contribution in [0.3, 0.4) is 0 Å². The lowest BCUT2D eigenvalue weighted by molar-refractivity contribution is -0.127. The summed E-state index contributed by atoms with van der Waals surface area (Å²) in [5.74, 6) is 0.104. The molecule has 0 aliphatic heterocycles. The Kier molecular flexibility index (Phi) is 4.70. The van der Waals surface area contributed by atoms with E-state index in [-0.39, 0.29) is 5.91 Å². The molecular formula is C14H22N2O. The van der Waals surface area contributed by atoms with Crippen LogP contribution in [0.15, 0.2) is 12.1 Å². The molecule has 0 heterocycles. The fourth-order valence-corrected chi connectivity index (χ4v) is 1.94. The van der Waals surface area contributed by atoms with E-state index in [0.717, 1.165) is 6.54 Å². The van der Waals surface area contributed by atoms with Crippen LogP contribution >= 0.6 is 0 Å². The van der Waals surface area contributed by atoms with Gasteiger partial charge in [0, 0.05) is 20.6 Å². The summed E-state index contributed by atoms with van der Waals surface area (Å²) in [6, 6.07) is 4.36. The number of nitrogens with zero attached hydrogens (tertiary/aromatic N) is 1. The van der Waals surface area contributed by atoms with E-state index in [0.29, 0.717) is 6.54 Å². The lowest BCUT2D eigenvalue weighted by Crippen LogP contribution is -2.32. The molecule has 94 valence electrons. The molecule has 0 aliphatic carbocycles. The number of nitrogens with one attached hydrogen (secondary N) is 1. The van der Waals surface area contributed by atoms with E-state index in [1.807, 2.05) is 0 Å². The maximum absolute atomic E-state index is 11.4. The molecule has 0 spiro atoms. The van der Waals surface area contributed by atoms with E-state index in [2.05, 4.69) is 38.2 Å². The van der Waals surface area contributed by atoms with Gasteiger partial charge in [-0.1, -0.05) is 17.7 Å². The lowest BCUT2D eigenvalue weighted by Gasteiger charge is -2.14. The SMILES string of the molecule is Cc1cc(C)c(CNCC(=O)N(C)C)c(C)c1. The standard InChI is InChI=1S/C14H22N2O/c1-10-6-11(2)13(12(3)7-10)8-15-9-14(17)16(4)5/h6-7,15H,8-9H2,1-5H3. The molecule has 0 saturated heterocycles. The lowest BCUT2D eigenvalue weighted by atomic mass is 10.00. The molecule has 17 heavy (non-hydrogen) atoms. The topological polar surface area (TPSA) is 32.3 Å². The maximum atomic E-state index is 11.4. The summed E-state index contributed by atoms with van der Waals surface area (Å²) >= 11 is 0. The Morgan fingerprint density at radius 2 is 1.71 bits per heavy atom. The van der Waals surface area contributed by atoms with Gasteiger partial charge in [0.2, 0.25) is 5.91 Å². The Balaban J connectivity index is 2.61. The molecule has 0 saturated carbocycles. The average molecular weight is 234 g/mol. The van der Waals surface area contributed by atoms with Gasteiger partial charge in [-0.25, -0.2) is 0 Å². The number of amides is 1. The van der Waals surface area contributed by atoms with Crippen molar-refractivity contribution in [3.05, 3.63) is 34.4 Å². The third-order valence-corrected chi connectivity index (χ3v) is 2.92. The maximum Gasteiger partial charge on any atom is 0.236 e.